The molecule has 19 heavy (non-hydrogen) atoms. The van der Waals surface area contributed by atoms with Crippen molar-refractivity contribution in [2.45, 2.75) is 46.5 Å². The zero-order valence-corrected chi connectivity index (χ0v) is 15.0. The van der Waals surface area contributed by atoms with Crippen molar-refractivity contribution in [1.82, 2.24) is 5.32 Å². The fourth-order valence-corrected chi connectivity index (χ4v) is 2.44. The van der Waals surface area contributed by atoms with Crippen molar-refractivity contribution in [3.05, 3.63) is 34.4 Å². The molecule has 1 N–H and O–H groups in total. The summed E-state index contributed by atoms with van der Waals surface area (Å²) in [6, 6.07) is 4.66. The molecule has 0 spiro atoms. The third-order valence-corrected chi connectivity index (χ3v) is 3.65. The summed E-state index contributed by atoms with van der Waals surface area (Å²) in [6.07, 6.45) is 0.947. The fourth-order valence-electron chi connectivity index (χ4n) is 2.44. The van der Waals surface area contributed by atoms with Gasteiger partial charge in [-0.25, -0.2) is 0 Å². The third kappa shape index (κ3) is 3.94. The molecule has 0 atom stereocenters. The van der Waals surface area contributed by atoms with Crippen molar-refractivity contribution in [1.29, 1.82) is 0 Å². The third-order valence-electron chi connectivity index (χ3n) is 3.65. The van der Waals surface area contributed by atoms with Crippen molar-refractivity contribution in [3.8, 4) is 0 Å². The van der Waals surface area contributed by atoms with E-state index in [1.165, 1.54) is 22.3 Å². The van der Waals surface area contributed by atoms with Gasteiger partial charge in [-0.05, 0) is 41.5 Å². The van der Waals surface area contributed by atoms with Crippen molar-refractivity contribution in [3.63, 3.8) is 0 Å². The van der Waals surface area contributed by atoms with E-state index in [1.54, 1.807) is 0 Å². The second kappa shape index (κ2) is 6.25. The Bertz CT molecular complexity index is 461. The van der Waals surface area contributed by atoms with E-state index in [0.29, 0.717) is 0 Å². The minimum Gasteiger partial charge on any atom is -0.372 e. The van der Waals surface area contributed by atoms with Crippen LogP contribution >= 0.6 is 24.0 Å². The van der Waals surface area contributed by atoms with Gasteiger partial charge in [-0.1, -0.05) is 32.9 Å². The number of hydrogen-bond acceptors (Lipinski definition) is 2. The van der Waals surface area contributed by atoms with Crippen molar-refractivity contribution in [2.24, 2.45) is 4.99 Å². The first-order chi connectivity index (χ1) is 8.38. The molecule has 0 bridgehead atoms. The lowest BCUT2D eigenvalue weighted by Crippen LogP contribution is -2.22. The Balaban J connectivity index is 0.00000180. The lowest BCUT2D eigenvalue weighted by molar-refractivity contribution is 0.589. The number of nitrogens with zero attached hydrogens (tertiary/aromatic N) is 1. The Hall–Kier alpha value is -0.580. The van der Waals surface area contributed by atoms with E-state index in [1.807, 2.05) is 0 Å². The first-order valence-electron chi connectivity index (χ1n) is 6.76. The maximum absolute atomic E-state index is 4.49. The average Bonchev–Trinajstić information content (AvgIpc) is 2.74. The van der Waals surface area contributed by atoms with Gasteiger partial charge in [0.1, 0.15) is 5.84 Å². The Morgan fingerprint density at radius 2 is 1.74 bits per heavy atom. The molecule has 1 aliphatic rings. The van der Waals surface area contributed by atoms with Crippen LogP contribution in [0.4, 0.5) is 0 Å². The molecule has 1 aliphatic heterocycles. The van der Waals surface area contributed by atoms with Gasteiger partial charge < -0.3 is 5.32 Å². The fraction of sp³-hybridized carbons (Fsp3) is 0.562. The molecular formula is C16H25IN2. The van der Waals surface area contributed by atoms with Crippen LogP contribution in [0, 0.1) is 13.8 Å². The van der Waals surface area contributed by atoms with E-state index in [0.717, 1.165) is 25.3 Å². The summed E-state index contributed by atoms with van der Waals surface area (Å²) in [6.45, 7) is 13.2. The molecule has 2 rings (SSSR count). The number of nitrogens with one attached hydrogen (secondary N) is 1. The highest BCUT2D eigenvalue weighted by Gasteiger charge is 2.17. The largest absolute Gasteiger partial charge is 0.372 e. The van der Waals surface area contributed by atoms with Crippen molar-refractivity contribution < 1.29 is 0 Å². The van der Waals surface area contributed by atoms with Crippen LogP contribution in [0.3, 0.4) is 0 Å². The van der Waals surface area contributed by atoms with Gasteiger partial charge >= 0.3 is 0 Å². The first-order valence-corrected chi connectivity index (χ1v) is 6.76. The number of halogens is 1. The summed E-state index contributed by atoms with van der Waals surface area (Å²) in [4.78, 5) is 4.49. The summed E-state index contributed by atoms with van der Waals surface area (Å²) in [5.74, 6) is 1.14. The van der Waals surface area contributed by atoms with Crippen LogP contribution in [-0.4, -0.2) is 18.9 Å². The lowest BCUT2D eigenvalue weighted by Gasteiger charge is -2.22. The maximum atomic E-state index is 4.49. The molecule has 3 heteroatoms. The Kier molecular flexibility index (Phi) is 5.42. The summed E-state index contributed by atoms with van der Waals surface area (Å²) in [5.41, 5.74) is 5.84. The molecule has 0 saturated carbocycles. The smallest absolute Gasteiger partial charge is 0.101 e. The van der Waals surface area contributed by atoms with Crippen molar-refractivity contribution in [2.75, 3.05) is 13.1 Å². The standard InChI is InChI=1S/C16H24N2.HI/c1-11-8-13(16(3,4)5)9-12(2)14(11)10-15-17-6-7-18-15;/h8-9H,6-7,10H2,1-5H3,(H,17,18);1H. The zero-order valence-electron chi connectivity index (χ0n) is 12.6. The van der Waals surface area contributed by atoms with Gasteiger partial charge in [0.05, 0.1) is 6.54 Å². The van der Waals surface area contributed by atoms with E-state index in [-0.39, 0.29) is 29.4 Å². The molecule has 106 valence electrons. The van der Waals surface area contributed by atoms with E-state index in [2.05, 4.69) is 57.1 Å². The van der Waals surface area contributed by atoms with Gasteiger partial charge in [-0.15, -0.1) is 24.0 Å². The van der Waals surface area contributed by atoms with Gasteiger partial charge in [0, 0.05) is 13.0 Å². The van der Waals surface area contributed by atoms with E-state index in [4.69, 9.17) is 0 Å². The van der Waals surface area contributed by atoms with Crippen molar-refractivity contribution >= 4 is 29.8 Å². The summed E-state index contributed by atoms with van der Waals surface area (Å²) >= 11 is 0. The number of hydrogen-bond donors (Lipinski definition) is 1. The van der Waals surface area contributed by atoms with Crippen LogP contribution in [0.5, 0.6) is 0 Å². The molecule has 0 amide bonds. The molecule has 2 nitrogen and oxygen atoms in total. The predicted octanol–water partition coefficient (Wildman–Crippen LogP) is 3.76. The van der Waals surface area contributed by atoms with Crippen LogP contribution in [0.2, 0.25) is 0 Å². The second-order valence-corrected chi connectivity index (χ2v) is 6.27. The number of rotatable bonds is 2. The number of aryl methyl sites for hydroxylation is 2. The average molecular weight is 372 g/mol. The van der Waals surface area contributed by atoms with Gasteiger partial charge in [0.25, 0.3) is 0 Å². The molecule has 1 aromatic carbocycles. The van der Waals surface area contributed by atoms with Gasteiger partial charge in [-0.3, -0.25) is 4.99 Å². The summed E-state index contributed by atoms with van der Waals surface area (Å²) < 4.78 is 0. The monoisotopic (exact) mass is 372 g/mol. The summed E-state index contributed by atoms with van der Waals surface area (Å²) in [5, 5.41) is 3.35. The van der Waals surface area contributed by atoms with Crippen LogP contribution in [-0.2, 0) is 11.8 Å². The molecule has 0 aliphatic carbocycles. The quantitative estimate of drug-likeness (QED) is 0.786. The molecule has 0 fully saturated rings. The van der Waals surface area contributed by atoms with Crippen LogP contribution < -0.4 is 5.32 Å². The normalized spacial score (nSPS) is 14.7. The lowest BCUT2D eigenvalue weighted by atomic mass is 9.83. The van der Waals surface area contributed by atoms with Crippen LogP contribution in [0.25, 0.3) is 0 Å². The summed E-state index contributed by atoms with van der Waals surface area (Å²) in [7, 11) is 0. The topological polar surface area (TPSA) is 24.4 Å². The second-order valence-electron chi connectivity index (χ2n) is 6.27. The molecule has 0 radical (unpaired) electrons. The number of aliphatic imine (C=N–C) groups is 1. The molecular weight excluding hydrogens is 347 g/mol. The van der Waals surface area contributed by atoms with Gasteiger partial charge in [-0.2, -0.15) is 0 Å². The predicted molar refractivity (Wildman–Crippen MR) is 94.0 cm³/mol. The van der Waals surface area contributed by atoms with E-state index in [9.17, 15) is 0 Å². The SMILES string of the molecule is Cc1cc(C(C)(C)C)cc(C)c1CC1=NCCN1.I. The van der Waals surface area contributed by atoms with E-state index >= 15 is 0 Å². The number of benzene rings is 1. The molecule has 1 heterocycles. The van der Waals surface area contributed by atoms with Gasteiger partial charge in [0.2, 0.25) is 0 Å². The Morgan fingerprint density at radius 3 is 2.16 bits per heavy atom. The minimum absolute atomic E-state index is 0. The number of amidine groups is 1. The Labute approximate surface area is 134 Å². The van der Waals surface area contributed by atoms with Gasteiger partial charge in [0.15, 0.2) is 0 Å². The minimum atomic E-state index is 0. The highest BCUT2D eigenvalue weighted by atomic mass is 127. The molecule has 1 aromatic rings. The van der Waals surface area contributed by atoms with E-state index < -0.39 is 0 Å². The van der Waals surface area contributed by atoms with Crippen LogP contribution in [0.15, 0.2) is 17.1 Å². The highest BCUT2D eigenvalue weighted by Crippen LogP contribution is 2.27. The molecule has 0 saturated heterocycles. The molecule has 0 unspecified atom stereocenters. The molecule has 0 aromatic heterocycles. The highest BCUT2D eigenvalue weighted by molar-refractivity contribution is 14.0. The first kappa shape index (κ1) is 16.5. The zero-order chi connectivity index (χ0) is 13.3. The Morgan fingerprint density at radius 1 is 1.16 bits per heavy atom. The maximum Gasteiger partial charge on any atom is 0.101 e. The van der Waals surface area contributed by atoms with Crippen LogP contribution in [0.1, 0.15) is 43.0 Å².